The molecule has 0 spiro atoms. The molecule has 4 heteroatoms. The Labute approximate surface area is 187 Å². The number of para-hydroxylation sites is 1. The van der Waals surface area contributed by atoms with Gasteiger partial charge in [0.1, 0.15) is 11.5 Å². The number of likely N-dealkylation sites (tertiary alicyclic amines) is 2. The maximum Gasteiger partial charge on any atom is 0.127 e. The number of ether oxygens (including phenoxy) is 2. The van der Waals surface area contributed by atoms with Gasteiger partial charge < -0.3 is 14.4 Å². The standard InChI is InChI=1S/C27H36N2O2/c1-3-10-23(11-4-1)31-24-12-7-9-22(17-24)18-29-19-25-26(20-29)27(25)21-30-16-8-15-28-13-5-2-6-14-28/h1,3-4,7,9-12,17,25-27H,2,5-6,8,13-16,18-21H2/t25-,26+,27+. The Bertz CT molecular complexity index is 809. The molecule has 3 atom stereocenters. The molecule has 0 N–H and O–H groups in total. The third kappa shape index (κ3) is 5.68. The minimum absolute atomic E-state index is 0.805. The van der Waals surface area contributed by atoms with Crippen molar-refractivity contribution in [1.29, 1.82) is 0 Å². The Morgan fingerprint density at radius 2 is 1.58 bits per heavy atom. The summed E-state index contributed by atoms with van der Waals surface area (Å²) in [4.78, 5) is 5.21. The quantitative estimate of drug-likeness (QED) is 0.502. The van der Waals surface area contributed by atoms with E-state index >= 15 is 0 Å². The van der Waals surface area contributed by atoms with Crippen LogP contribution in [0.4, 0.5) is 0 Å². The zero-order valence-electron chi connectivity index (χ0n) is 18.6. The molecular formula is C27H36N2O2. The first-order valence-electron chi connectivity index (χ1n) is 12.2. The van der Waals surface area contributed by atoms with Gasteiger partial charge in [-0.25, -0.2) is 0 Å². The van der Waals surface area contributed by atoms with Crippen molar-refractivity contribution in [3.8, 4) is 11.5 Å². The number of nitrogens with zero attached hydrogens (tertiary/aromatic N) is 2. The molecule has 2 aliphatic heterocycles. The molecule has 0 aromatic heterocycles. The van der Waals surface area contributed by atoms with Crippen LogP contribution in [-0.4, -0.2) is 55.7 Å². The summed E-state index contributed by atoms with van der Waals surface area (Å²) in [5.41, 5.74) is 1.33. The van der Waals surface area contributed by atoms with Crippen molar-refractivity contribution >= 4 is 0 Å². The maximum absolute atomic E-state index is 6.05. The van der Waals surface area contributed by atoms with Crippen LogP contribution in [0.2, 0.25) is 0 Å². The molecule has 3 aliphatic rings. The molecule has 0 radical (unpaired) electrons. The first-order valence-corrected chi connectivity index (χ1v) is 12.2. The smallest absolute Gasteiger partial charge is 0.127 e. The van der Waals surface area contributed by atoms with Gasteiger partial charge in [0, 0.05) is 32.8 Å². The lowest BCUT2D eigenvalue weighted by molar-refractivity contribution is 0.0967. The number of fused-ring (bicyclic) bond motifs is 1. The predicted molar refractivity (Wildman–Crippen MR) is 124 cm³/mol. The van der Waals surface area contributed by atoms with E-state index in [9.17, 15) is 0 Å². The Balaban J connectivity index is 0.992. The molecule has 0 unspecified atom stereocenters. The van der Waals surface area contributed by atoms with Gasteiger partial charge in [-0.3, -0.25) is 4.90 Å². The van der Waals surface area contributed by atoms with E-state index in [-0.39, 0.29) is 0 Å². The Morgan fingerprint density at radius 1 is 0.806 bits per heavy atom. The summed E-state index contributed by atoms with van der Waals surface area (Å²) < 4.78 is 12.0. The van der Waals surface area contributed by atoms with Gasteiger partial charge in [0.25, 0.3) is 0 Å². The molecule has 1 aliphatic carbocycles. The van der Waals surface area contributed by atoms with E-state index < -0.39 is 0 Å². The summed E-state index contributed by atoms with van der Waals surface area (Å²) >= 11 is 0. The molecule has 1 saturated carbocycles. The Hall–Kier alpha value is -1.88. The molecule has 31 heavy (non-hydrogen) atoms. The lowest BCUT2D eigenvalue weighted by Crippen LogP contribution is -2.31. The van der Waals surface area contributed by atoms with E-state index in [0.29, 0.717) is 0 Å². The highest BCUT2D eigenvalue weighted by atomic mass is 16.5. The second-order valence-electron chi connectivity index (χ2n) is 9.58. The van der Waals surface area contributed by atoms with Gasteiger partial charge in [-0.05, 0) is 79.9 Å². The first kappa shape index (κ1) is 21.0. The summed E-state index contributed by atoms with van der Waals surface area (Å²) in [6.45, 7) is 9.18. The predicted octanol–water partition coefficient (Wildman–Crippen LogP) is 5.05. The lowest BCUT2D eigenvalue weighted by atomic mass is 10.1. The number of piperidine rings is 2. The summed E-state index contributed by atoms with van der Waals surface area (Å²) in [5, 5.41) is 0. The fraction of sp³-hybridized carbons (Fsp3) is 0.556. The van der Waals surface area contributed by atoms with E-state index in [4.69, 9.17) is 9.47 Å². The van der Waals surface area contributed by atoms with Crippen LogP contribution in [-0.2, 0) is 11.3 Å². The zero-order valence-corrected chi connectivity index (χ0v) is 18.6. The van der Waals surface area contributed by atoms with E-state index in [0.717, 1.165) is 49.0 Å². The average Bonchev–Trinajstić information content (AvgIpc) is 3.25. The largest absolute Gasteiger partial charge is 0.457 e. The van der Waals surface area contributed by atoms with E-state index in [2.05, 4.69) is 28.0 Å². The van der Waals surface area contributed by atoms with Gasteiger partial charge in [-0.2, -0.15) is 0 Å². The van der Waals surface area contributed by atoms with Crippen molar-refractivity contribution < 1.29 is 9.47 Å². The van der Waals surface area contributed by atoms with Crippen molar-refractivity contribution in [2.75, 3.05) is 45.9 Å². The molecule has 0 bridgehead atoms. The van der Waals surface area contributed by atoms with Gasteiger partial charge in [0.05, 0.1) is 6.61 Å². The van der Waals surface area contributed by atoms with Crippen LogP contribution in [0, 0.1) is 17.8 Å². The summed E-state index contributed by atoms with van der Waals surface area (Å²) in [5.74, 6) is 4.32. The topological polar surface area (TPSA) is 24.9 Å². The van der Waals surface area contributed by atoms with E-state index in [1.165, 1.54) is 64.0 Å². The molecule has 2 saturated heterocycles. The number of hydrogen-bond acceptors (Lipinski definition) is 4. The highest BCUT2D eigenvalue weighted by Crippen LogP contribution is 2.52. The molecule has 2 aromatic rings. The minimum atomic E-state index is 0.805. The fourth-order valence-electron chi connectivity index (χ4n) is 5.50. The van der Waals surface area contributed by atoms with Gasteiger partial charge >= 0.3 is 0 Å². The lowest BCUT2D eigenvalue weighted by Gasteiger charge is -2.26. The molecule has 4 nitrogen and oxygen atoms in total. The molecule has 0 amide bonds. The molecule has 3 fully saturated rings. The normalized spacial score (nSPS) is 26.0. The first-order chi connectivity index (χ1) is 15.3. The van der Waals surface area contributed by atoms with Crippen molar-refractivity contribution in [2.45, 2.75) is 32.2 Å². The van der Waals surface area contributed by atoms with Crippen molar-refractivity contribution in [3.63, 3.8) is 0 Å². The molecular weight excluding hydrogens is 384 g/mol. The van der Waals surface area contributed by atoms with E-state index in [1.54, 1.807) is 0 Å². The van der Waals surface area contributed by atoms with Crippen LogP contribution >= 0.6 is 0 Å². The van der Waals surface area contributed by atoms with E-state index in [1.807, 2.05) is 36.4 Å². The monoisotopic (exact) mass is 420 g/mol. The third-order valence-electron chi connectivity index (χ3n) is 7.25. The number of hydrogen-bond donors (Lipinski definition) is 0. The van der Waals surface area contributed by atoms with Crippen LogP contribution in [0.1, 0.15) is 31.2 Å². The summed E-state index contributed by atoms with van der Waals surface area (Å²) in [6.07, 6.45) is 5.37. The minimum Gasteiger partial charge on any atom is -0.457 e. The van der Waals surface area contributed by atoms with Crippen LogP contribution in [0.3, 0.4) is 0 Å². The highest BCUT2D eigenvalue weighted by molar-refractivity contribution is 5.34. The van der Waals surface area contributed by atoms with Gasteiger partial charge in [-0.15, -0.1) is 0 Å². The van der Waals surface area contributed by atoms with Gasteiger partial charge in [0.15, 0.2) is 0 Å². The average molecular weight is 421 g/mol. The van der Waals surface area contributed by atoms with Crippen LogP contribution in [0.5, 0.6) is 11.5 Å². The molecule has 5 rings (SSSR count). The van der Waals surface area contributed by atoms with Crippen LogP contribution in [0.25, 0.3) is 0 Å². The Kier molecular flexibility index (Phi) is 6.88. The fourth-order valence-corrected chi connectivity index (χ4v) is 5.50. The Morgan fingerprint density at radius 3 is 2.39 bits per heavy atom. The molecule has 166 valence electrons. The summed E-state index contributed by atoms with van der Waals surface area (Å²) in [6, 6.07) is 18.5. The SMILES string of the molecule is c1ccc(Oc2cccc(CN3C[C@@H]4[C@@H](COCCCN5CCCCC5)[C@@H]4C3)c2)cc1. The second-order valence-corrected chi connectivity index (χ2v) is 9.58. The van der Waals surface area contributed by atoms with Crippen molar-refractivity contribution in [2.24, 2.45) is 17.8 Å². The number of benzene rings is 2. The molecule has 2 aromatic carbocycles. The third-order valence-corrected chi connectivity index (χ3v) is 7.25. The van der Waals surface area contributed by atoms with Gasteiger partial charge in [-0.1, -0.05) is 36.8 Å². The van der Waals surface area contributed by atoms with Crippen molar-refractivity contribution in [3.05, 3.63) is 60.2 Å². The zero-order chi connectivity index (χ0) is 20.9. The van der Waals surface area contributed by atoms with Crippen LogP contribution in [0.15, 0.2) is 54.6 Å². The van der Waals surface area contributed by atoms with Crippen molar-refractivity contribution in [1.82, 2.24) is 9.80 Å². The van der Waals surface area contributed by atoms with Crippen LogP contribution < -0.4 is 4.74 Å². The molecule has 2 heterocycles. The van der Waals surface area contributed by atoms with Gasteiger partial charge in [0.2, 0.25) is 0 Å². The second kappa shape index (κ2) is 10.2. The highest BCUT2D eigenvalue weighted by Gasteiger charge is 2.55. The maximum atomic E-state index is 6.05. The summed E-state index contributed by atoms with van der Waals surface area (Å²) in [7, 11) is 0. The number of rotatable bonds is 10.